The van der Waals surface area contributed by atoms with Gasteiger partial charge in [0.05, 0.1) is 0 Å². The summed E-state index contributed by atoms with van der Waals surface area (Å²) in [6.45, 7) is 0. The molecule has 0 heterocycles. The zero-order chi connectivity index (χ0) is 4.99. The van der Waals surface area contributed by atoms with Crippen molar-refractivity contribution < 1.29 is 31.7 Å². The summed E-state index contributed by atoms with van der Waals surface area (Å²) in [4.78, 5) is 0. The van der Waals surface area contributed by atoms with Crippen LogP contribution in [0.4, 0.5) is 0 Å². The summed E-state index contributed by atoms with van der Waals surface area (Å²) in [7, 11) is 0. The molecule has 36 valence electrons. The van der Waals surface area contributed by atoms with Gasteiger partial charge in [0.15, 0.2) is 0 Å². The Morgan fingerprint density at radius 1 is 1.67 bits per heavy atom. The van der Waals surface area contributed by atoms with Gasteiger partial charge in [0.2, 0.25) is 0 Å². The summed E-state index contributed by atoms with van der Waals surface area (Å²) in [5.41, 5.74) is 1.01. The van der Waals surface area contributed by atoms with E-state index in [0.29, 0.717) is 0 Å². The van der Waals surface area contributed by atoms with Crippen LogP contribution in [0.1, 0.15) is 0 Å². The van der Waals surface area contributed by atoms with Gasteiger partial charge in [-0.2, -0.15) is 0 Å². The van der Waals surface area contributed by atoms with Crippen molar-refractivity contribution >= 4 is 0 Å². The van der Waals surface area contributed by atoms with E-state index in [0.717, 1.165) is 5.64 Å². The van der Waals surface area contributed by atoms with Crippen molar-refractivity contribution in [1.82, 2.24) is 5.64 Å². The van der Waals surface area contributed by atoms with E-state index >= 15 is 0 Å². The zero-order valence-corrected chi connectivity index (χ0v) is 4.02. The Labute approximate surface area is 38.2 Å². The standard InChI is InChI=1S/H2NO2.2O.V/c2-1-3;;;/h1-2H;;;/q-1;;;+1. The van der Waals surface area contributed by atoms with E-state index in [1.54, 1.807) is 0 Å². The van der Waals surface area contributed by atoms with Crippen molar-refractivity contribution in [3.63, 3.8) is 0 Å². The Morgan fingerprint density at radius 3 is 2.17 bits per heavy atom. The summed E-state index contributed by atoms with van der Waals surface area (Å²) in [5.74, 6) is 0. The molecule has 0 aromatic heterocycles. The van der Waals surface area contributed by atoms with Gasteiger partial charge in [-0.25, -0.2) is 0 Å². The third-order valence-electron chi connectivity index (χ3n) is 0.115. The van der Waals surface area contributed by atoms with Gasteiger partial charge in [-0.05, 0) is 0 Å². The van der Waals surface area contributed by atoms with Crippen LogP contribution in [0.15, 0.2) is 0 Å². The number of hydrogen-bond acceptors (Lipinski definition) is 5. The third kappa shape index (κ3) is 4.06. The van der Waals surface area contributed by atoms with Crippen LogP contribution in [0.2, 0.25) is 0 Å². The Bertz CT molecular complexity index is 75.5. The minimum absolute atomic E-state index is 1.01. The van der Waals surface area contributed by atoms with Gasteiger partial charge >= 0.3 is 37.4 Å². The molecule has 0 aliphatic heterocycles. The summed E-state index contributed by atoms with van der Waals surface area (Å²) < 4.78 is 21.9. The first-order valence-electron chi connectivity index (χ1n) is 0.975. The molecule has 0 aromatic rings. The monoisotopic (exact) mass is 131 g/mol. The van der Waals surface area contributed by atoms with E-state index in [1.807, 2.05) is 0 Å². The van der Waals surface area contributed by atoms with Crippen LogP contribution in [0.5, 0.6) is 0 Å². The fourth-order valence-electron chi connectivity index (χ4n) is 0.0333. The van der Waals surface area contributed by atoms with Crippen molar-refractivity contribution in [3.8, 4) is 0 Å². The number of rotatable bonds is 2. The summed E-state index contributed by atoms with van der Waals surface area (Å²) in [5, 5.41) is 7.40. The van der Waals surface area contributed by atoms with E-state index in [2.05, 4.69) is 3.76 Å². The first-order chi connectivity index (χ1) is 2.77. The molecule has 0 unspecified atom stereocenters. The molecule has 0 atom stereocenters. The molecule has 0 saturated heterocycles. The fraction of sp³-hybridized carbons (Fsp3) is 0. The first kappa shape index (κ1) is 6.06. The van der Waals surface area contributed by atoms with E-state index in [9.17, 15) is 7.35 Å². The van der Waals surface area contributed by atoms with Gasteiger partial charge in [-0.15, -0.1) is 0 Å². The first-order valence-corrected chi connectivity index (χ1v) is 2.69. The molecule has 5 nitrogen and oxygen atoms in total. The Kier molecular flexibility index (Phi) is 3.30. The summed E-state index contributed by atoms with van der Waals surface area (Å²) in [6, 6.07) is 0. The van der Waals surface area contributed by atoms with Crippen LogP contribution in [0.3, 0.4) is 0 Å². The average molecular weight is 131 g/mol. The molecule has 0 aromatic carbocycles. The van der Waals surface area contributed by atoms with Crippen LogP contribution < -0.4 is 5.64 Å². The van der Waals surface area contributed by atoms with E-state index in [4.69, 9.17) is 5.21 Å². The van der Waals surface area contributed by atoms with Gasteiger partial charge in [0, 0.05) is 0 Å². The van der Waals surface area contributed by atoms with Crippen LogP contribution in [0.25, 0.3) is 0 Å². The van der Waals surface area contributed by atoms with Crippen molar-refractivity contribution in [2.24, 2.45) is 0 Å². The zero-order valence-electron chi connectivity index (χ0n) is 2.62. The number of nitrogens with one attached hydrogen (secondary N) is 1. The minimum atomic E-state index is -3.59. The molecule has 0 amide bonds. The van der Waals surface area contributed by atoms with Gasteiger partial charge in [0.25, 0.3) is 0 Å². The van der Waals surface area contributed by atoms with Crippen LogP contribution in [0, 0.1) is 0 Å². The Morgan fingerprint density at radius 2 is 2.17 bits per heavy atom. The SMILES string of the molecule is [O]=[V](=[O])[O]NO. The molecule has 0 rings (SSSR count). The average Bonchev–Trinajstić information content (AvgIpc) is 1.35. The molecular formula is H2NO4V. The third-order valence-corrected chi connectivity index (χ3v) is 0.476. The fourth-order valence-corrected chi connectivity index (χ4v) is 0.137. The molecule has 0 fully saturated rings. The second-order valence-corrected chi connectivity index (χ2v) is 1.39. The quantitative estimate of drug-likeness (QED) is 0.476. The van der Waals surface area contributed by atoms with Gasteiger partial charge in [-0.1, -0.05) is 0 Å². The molecule has 0 bridgehead atoms. The van der Waals surface area contributed by atoms with E-state index in [1.165, 1.54) is 0 Å². The van der Waals surface area contributed by atoms with Gasteiger partial charge in [-0.3, -0.25) is 0 Å². The van der Waals surface area contributed by atoms with Crippen molar-refractivity contribution in [3.05, 3.63) is 0 Å². The van der Waals surface area contributed by atoms with Crippen molar-refractivity contribution in [2.75, 3.05) is 0 Å². The van der Waals surface area contributed by atoms with Crippen molar-refractivity contribution in [2.45, 2.75) is 0 Å². The number of hydrogen-bond donors (Lipinski definition) is 2. The molecular weight excluding hydrogens is 129 g/mol. The van der Waals surface area contributed by atoms with Crippen LogP contribution in [-0.4, -0.2) is 5.21 Å². The van der Waals surface area contributed by atoms with E-state index < -0.39 is 15.4 Å². The molecule has 6 heteroatoms. The van der Waals surface area contributed by atoms with Gasteiger partial charge in [0.1, 0.15) is 0 Å². The molecule has 2 N–H and O–H groups in total. The maximum atomic E-state index is 9.27. The Balaban J connectivity index is 3.07. The topological polar surface area (TPSA) is 75.6 Å². The Hall–Kier alpha value is 0.0644. The molecule has 0 aliphatic rings. The summed E-state index contributed by atoms with van der Waals surface area (Å²) in [6.07, 6.45) is 0. The predicted octanol–water partition coefficient (Wildman–Crippen LogP) is -0.879. The predicted molar refractivity (Wildman–Crippen MR) is 7.38 cm³/mol. The van der Waals surface area contributed by atoms with Crippen LogP contribution in [-0.2, 0) is 26.5 Å². The molecule has 0 saturated carbocycles. The summed E-state index contributed by atoms with van der Waals surface area (Å²) >= 11 is -3.59. The maximum absolute atomic E-state index is 9.27. The van der Waals surface area contributed by atoms with Crippen LogP contribution >= 0.6 is 0 Å². The second-order valence-electron chi connectivity index (χ2n) is 0.406. The molecule has 0 aliphatic carbocycles. The second kappa shape index (κ2) is 3.26. The van der Waals surface area contributed by atoms with Crippen molar-refractivity contribution in [1.29, 1.82) is 0 Å². The normalized spacial score (nSPS) is 8.17. The van der Waals surface area contributed by atoms with E-state index in [-0.39, 0.29) is 0 Å². The molecule has 0 spiro atoms. The molecule has 0 radical (unpaired) electrons. The molecule has 6 heavy (non-hydrogen) atoms. The van der Waals surface area contributed by atoms with Gasteiger partial charge < -0.3 is 0 Å².